The number of rotatable bonds is 1. The van der Waals surface area contributed by atoms with Crippen molar-refractivity contribution in [3.05, 3.63) is 22.6 Å². The van der Waals surface area contributed by atoms with E-state index in [0.29, 0.717) is 16.4 Å². The fraction of sp³-hybridized carbons (Fsp3) is 0.222. The molecule has 5 nitrogen and oxygen atoms in total. The molecule has 15 heavy (non-hydrogen) atoms. The van der Waals surface area contributed by atoms with Gasteiger partial charge < -0.3 is 9.77 Å². The molecule has 0 aliphatic rings. The molecule has 78 valence electrons. The van der Waals surface area contributed by atoms with E-state index in [4.69, 9.17) is 16.8 Å². The summed E-state index contributed by atoms with van der Waals surface area (Å²) in [7, 11) is 1.87. The summed E-state index contributed by atoms with van der Waals surface area (Å²) in [5.74, 6) is 0.853. The van der Waals surface area contributed by atoms with Crippen LogP contribution in [0.25, 0.3) is 11.2 Å². The van der Waals surface area contributed by atoms with Gasteiger partial charge in [-0.05, 0) is 13.0 Å². The molecule has 0 amide bonds. The van der Waals surface area contributed by atoms with E-state index in [-0.39, 0.29) is 0 Å². The Kier molecular flexibility index (Phi) is 2.32. The summed E-state index contributed by atoms with van der Waals surface area (Å²) < 4.78 is 1.85. The molecule has 0 saturated carbocycles. The first kappa shape index (κ1) is 9.92. The Labute approximate surface area is 91.0 Å². The molecule has 0 saturated heterocycles. The largest absolute Gasteiger partial charge is 0.411 e. The molecule has 0 aromatic carbocycles. The van der Waals surface area contributed by atoms with Crippen molar-refractivity contribution >= 4 is 29.0 Å². The van der Waals surface area contributed by atoms with Crippen molar-refractivity contribution in [2.75, 3.05) is 0 Å². The Morgan fingerprint density at radius 3 is 2.93 bits per heavy atom. The maximum absolute atomic E-state index is 8.43. The van der Waals surface area contributed by atoms with Gasteiger partial charge in [-0.1, -0.05) is 16.8 Å². The molecule has 0 radical (unpaired) electrons. The van der Waals surface area contributed by atoms with Crippen LogP contribution < -0.4 is 0 Å². The predicted octanol–water partition coefficient (Wildman–Crippen LogP) is 1.74. The zero-order valence-corrected chi connectivity index (χ0v) is 9.02. The smallest absolute Gasteiger partial charge is 0.161 e. The van der Waals surface area contributed by atoms with Crippen LogP contribution in [-0.4, -0.2) is 26.0 Å². The van der Waals surface area contributed by atoms with Gasteiger partial charge >= 0.3 is 0 Å². The maximum Gasteiger partial charge on any atom is 0.161 e. The van der Waals surface area contributed by atoms with Gasteiger partial charge in [-0.2, -0.15) is 0 Å². The van der Waals surface area contributed by atoms with Crippen molar-refractivity contribution in [1.82, 2.24) is 14.5 Å². The van der Waals surface area contributed by atoms with Crippen LogP contribution in [0.5, 0.6) is 0 Å². The third kappa shape index (κ3) is 1.55. The quantitative estimate of drug-likeness (QED) is 0.347. The average Bonchev–Trinajstić information content (AvgIpc) is 2.46. The lowest BCUT2D eigenvalue weighted by molar-refractivity contribution is 0.322. The number of hydrogen-bond donors (Lipinski definition) is 1. The molecule has 2 rings (SSSR count). The number of oxime groups is 1. The van der Waals surface area contributed by atoms with E-state index < -0.39 is 0 Å². The first-order valence-electron chi connectivity index (χ1n) is 4.30. The summed E-state index contributed by atoms with van der Waals surface area (Å²) in [5.41, 5.74) is 1.99. The SMILES string of the molecule is Cc1nc2cc(/C=N/O)c(Cl)nc2n1C. The summed E-state index contributed by atoms with van der Waals surface area (Å²) in [6.07, 6.45) is 1.23. The third-order valence-corrected chi connectivity index (χ3v) is 2.55. The molecule has 6 heteroatoms. The van der Waals surface area contributed by atoms with E-state index in [0.717, 1.165) is 11.3 Å². The number of pyridine rings is 1. The van der Waals surface area contributed by atoms with Crippen molar-refractivity contribution < 1.29 is 5.21 Å². The molecular weight excluding hydrogens is 216 g/mol. The van der Waals surface area contributed by atoms with Gasteiger partial charge in [-0.25, -0.2) is 9.97 Å². The van der Waals surface area contributed by atoms with Crippen LogP contribution in [0.4, 0.5) is 0 Å². The van der Waals surface area contributed by atoms with Crippen LogP contribution in [0, 0.1) is 6.92 Å². The van der Waals surface area contributed by atoms with Crippen molar-refractivity contribution in [2.45, 2.75) is 6.92 Å². The standard InChI is InChI=1S/C9H9ClN4O/c1-5-12-7-3-6(4-11-15)8(10)13-9(7)14(5)2/h3-4,15H,1-2H3/b11-4+. The van der Waals surface area contributed by atoms with Crippen molar-refractivity contribution in [2.24, 2.45) is 12.2 Å². The minimum Gasteiger partial charge on any atom is -0.411 e. The van der Waals surface area contributed by atoms with Crippen molar-refractivity contribution in [3.63, 3.8) is 0 Å². The number of halogens is 1. The number of aromatic nitrogens is 3. The lowest BCUT2D eigenvalue weighted by Crippen LogP contribution is -1.94. The second-order valence-corrected chi connectivity index (χ2v) is 3.53. The zero-order valence-electron chi connectivity index (χ0n) is 8.27. The maximum atomic E-state index is 8.43. The molecule has 0 spiro atoms. The Hall–Kier alpha value is -1.62. The van der Waals surface area contributed by atoms with Crippen LogP contribution in [0.3, 0.4) is 0 Å². The lowest BCUT2D eigenvalue weighted by atomic mass is 10.3. The highest BCUT2D eigenvalue weighted by Crippen LogP contribution is 2.19. The van der Waals surface area contributed by atoms with E-state index in [1.54, 1.807) is 6.07 Å². The molecule has 0 fully saturated rings. The topological polar surface area (TPSA) is 63.3 Å². The van der Waals surface area contributed by atoms with E-state index in [9.17, 15) is 0 Å². The Morgan fingerprint density at radius 2 is 2.27 bits per heavy atom. The first-order chi connectivity index (χ1) is 7.13. The second-order valence-electron chi connectivity index (χ2n) is 3.17. The minimum atomic E-state index is 0.295. The highest BCUT2D eigenvalue weighted by atomic mass is 35.5. The van der Waals surface area contributed by atoms with Crippen LogP contribution in [0.15, 0.2) is 11.2 Å². The van der Waals surface area contributed by atoms with Gasteiger partial charge in [-0.15, -0.1) is 0 Å². The van der Waals surface area contributed by atoms with Gasteiger partial charge in [0, 0.05) is 12.6 Å². The van der Waals surface area contributed by atoms with E-state index in [2.05, 4.69) is 15.1 Å². The highest BCUT2D eigenvalue weighted by molar-refractivity contribution is 6.32. The number of fused-ring (bicyclic) bond motifs is 1. The molecule has 2 aromatic rings. The van der Waals surface area contributed by atoms with Gasteiger partial charge in [-0.3, -0.25) is 0 Å². The molecule has 2 aromatic heterocycles. The van der Waals surface area contributed by atoms with Crippen LogP contribution in [0.2, 0.25) is 5.15 Å². The van der Waals surface area contributed by atoms with Gasteiger partial charge in [0.05, 0.1) is 6.21 Å². The second kappa shape index (κ2) is 3.51. The van der Waals surface area contributed by atoms with E-state index in [1.807, 2.05) is 18.5 Å². The summed E-state index contributed by atoms with van der Waals surface area (Å²) >= 11 is 5.91. The molecule has 0 bridgehead atoms. The lowest BCUT2D eigenvalue weighted by Gasteiger charge is -1.98. The van der Waals surface area contributed by atoms with E-state index in [1.165, 1.54) is 6.21 Å². The average molecular weight is 225 g/mol. The normalized spacial score (nSPS) is 11.7. The highest BCUT2D eigenvalue weighted by Gasteiger charge is 2.09. The summed E-state index contributed by atoms with van der Waals surface area (Å²) in [4.78, 5) is 8.47. The van der Waals surface area contributed by atoms with Gasteiger partial charge in [0.1, 0.15) is 16.5 Å². The fourth-order valence-electron chi connectivity index (χ4n) is 1.37. The van der Waals surface area contributed by atoms with Crippen molar-refractivity contribution in [1.29, 1.82) is 0 Å². The van der Waals surface area contributed by atoms with Crippen LogP contribution >= 0.6 is 11.6 Å². The van der Waals surface area contributed by atoms with E-state index >= 15 is 0 Å². The Morgan fingerprint density at radius 1 is 1.53 bits per heavy atom. The van der Waals surface area contributed by atoms with Gasteiger partial charge in [0.2, 0.25) is 0 Å². The van der Waals surface area contributed by atoms with Crippen molar-refractivity contribution in [3.8, 4) is 0 Å². The molecule has 0 aliphatic carbocycles. The summed E-state index contributed by atoms with van der Waals surface area (Å²) in [6, 6.07) is 1.73. The van der Waals surface area contributed by atoms with Crippen LogP contribution in [0.1, 0.15) is 11.4 Å². The Bertz CT molecular complexity index is 547. The number of hydrogen-bond acceptors (Lipinski definition) is 4. The number of imidazole rings is 1. The van der Waals surface area contributed by atoms with Gasteiger partial charge in [0.15, 0.2) is 5.65 Å². The molecule has 1 N–H and O–H groups in total. The predicted molar refractivity (Wildman–Crippen MR) is 57.6 cm³/mol. The molecule has 0 unspecified atom stereocenters. The molecule has 0 aliphatic heterocycles. The number of aryl methyl sites for hydroxylation is 2. The summed E-state index contributed by atoms with van der Waals surface area (Å²) in [5, 5.41) is 11.6. The Balaban J connectivity index is 2.76. The van der Waals surface area contributed by atoms with Gasteiger partial charge in [0.25, 0.3) is 0 Å². The molecule has 0 atom stereocenters. The number of nitrogens with zero attached hydrogens (tertiary/aromatic N) is 4. The fourth-order valence-corrected chi connectivity index (χ4v) is 1.55. The zero-order chi connectivity index (χ0) is 11.0. The first-order valence-corrected chi connectivity index (χ1v) is 4.68. The summed E-state index contributed by atoms with van der Waals surface area (Å²) in [6.45, 7) is 1.88. The molecule has 2 heterocycles. The van der Waals surface area contributed by atoms with Crippen LogP contribution in [-0.2, 0) is 7.05 Å². The monoisotopic (exact) mass is 224 g/mol. The molecular formula is C9H9ClN4O. The minimum absolute atomic E-state index is 0.295. The third-order valence-electron chi connectivity index (χ3n) is 2.25.